The van der Waals surface area contributed by atoms with Gasteiger partial charge in [-0.3, -0.25) is 4.79 Å². The molecule has 0 spiro atoms. The van der Waals surface area contributed by atoms with E-state index in [1.54, 1.807) is 12.1 Å². The molecule has 5 nitrogen and oxygen atoms in total. The number of hydrogen-bond acceptors (Lipinski definition) is 4. The minimum Gasteiger partial charge on any atom is -0.368 e. The van der Waals surface area contributed by atoms with Crippen LogP contribution in [0.2, 0.25) is 0 Å². The fourth-order valence-electron chi connectivity index (χ4n) is 2.47. The highest BCUT2D eigenvalue weighted by molar-refractivity contribution is 5.93. The largest absolute Gasteiger partial charge is 0.416 e. The summed E-state index contributed by atoms with van der Waals surface area (Å²) in [6.45, 7) is 0.575. The molecule has 2 heterocycles. The summed E-state index contributed by atoms with van der Waals surface area (Å²) >= 11 is 0. The molecule has 2 N–H and O–H groups in total. The van der Waals surface area contributed by atoms with Crippen molar-refractivity contribution in [1.82, 2.24) is 4.98 Å². The summed E-state index contributed by atoms with van der Waals surface area (Å²) in [6, 6.07) is 8.08. The molecule has 1 fully saturated rings. The van der Waals surface area contributed by atoms with Crippen LogP contribution in [0, 0.1) is 0 Å². The summed E-state index contributed by atoms with van der Waals surface area (Å²) in [7, 11) is 0. The van der Waals surface area contributed by atoms with Crippen molar-refractivity contribution < 1.29 is 22.7 Å². The van der Waals surface area contributed by atoms with E-state index in [0.717, 1.165) is 18.6 Å². The third-order valence-corrected chi connectivity index (χ3v) is 3.72. The van der Waals surface area contributed by atoms with Gasteiger partial charge in [0.25, 0.3) is 5.91 Å². The molecular formula is C17H16F3N3O2. The number of carbonyl (C=O) groups is 1. The molecule has 0 bridgehead atoms. The maximum atomic E-state index is 12.7. The number of nitrogens with one attached hydrogen (secondary N) is 2. The number of rotatable bonds is 4. The Balaban J connectivity index is 1.63. The number of anilines is 3. The molecule has 1 aliphatic rings. The van der Waals surface area contributed by atoms with Crippen LogP contribution in [0.5, 0.6) is 0 Å². The van der Waals surface area contributed by atoms with Gasteiger partial charge < -0.3 is 15.4 Å². The average molecular weight is 351 g/mol. The topological polar surface area (TPSA) is 63.2 Å². The number of hydrogen-bond donors (Lipinski definition) is 2. The van der Waals surface area contributed by atoms with E-state index >= 15 is 0 Å². The fraction of sp³-hybridized carbons (Fsp3) is 0.294. The molecule has 3 rings (SSSR count). The Morgan fingerprint density at radius 1 is 1.20 bits per heavy atom. The van der Waals surface area contributed by atoms with E-state index in [1.807, 2.05) is 0 Å². The first-order chi connectivity index (χ1) is 11.9. The Hall–Kier alpha value is -2.61. The maximum Gasteiger partial charge on any atom is 0.416 e. The summed E-state index contributed by atoms with van der Waals surface area (Å²) in [5, 5.41) is 5.50. The lowest BCUT2D eigenvalue weighted by Gasteiger charge is -2.12. The van der Waals surface area contributed by atoms with E-state index in [2.05, 4.69) is 15.6 Å². The smallest absolute Gasteiger partial charge is 0.368 e. The number of ether oxygens (including phenoxy) is 1. The van der Waals surface area contributed by atoms with E-state index in [4.69, 9.17) is 4.74 Å². The summed E-state index contributed by atoms with van der Waals surface area (Å²) in [6.07, 6.45) is -1.88. The van der Waals surface area contributed by atoms with Crippen LogP contribution in [0.15, 0.2) is 42.6 Å². The summed E-state index contributed by atoms with van der Waals surface area (Å²) in [4.78, 5) is 16.0. The summed E-state index contributed by atoms with van der Waals surface area (Å²) in [5.41, 5.74) is 0.0770. The lowest BCUT2D eigenvalue weighted by Crippen LogP contribution is -2.27. The first-order valence-corrected chi connectivity index (χ1v) is 7.74. The molecule has 1 aliphatic heterocycles. The van der Waals surface area contributed by atoms with Gasteiger partial charge in [-0.1, -0.05) is 6.07 Å². The molecule has 132 valence electrons. The Labute approximate surface area is 142 Å². The van der Waals surface area contributed by atoms with Gasteiger partial charge in [0.15, 0.2) is 0 Å². The molecule has 0 radical (unpaired) electrons. The van der Waals surface area contributed by atoms with Crippen molar-refractivity contribution in [3.63, 3.8) is 0 Å². The molecule has 1 aromatic heterocycles. The molecule has 8 heteroatoms. The number of pyridine rings is 1. The van der Waals surface area contributed by atoms with E-state index in [0.29, 0.717) is 30.2 Å². The van der Waals surface area contributed by atoms with Gasteiger partial charge in [0.1, 0.15) is 11.9 Å². The first kappa shape index (κ1) is 17.2. The minimum absolute atomic E-state index is 0.247. The van der Waals surface area contributed by atoms with Gasteiger partial charge in [-0.2, -0.15) is 13.2 Å². The number of halogens is 3. The van der Waals surface area contributed by atoms with Gasteiger partial charge >= 0.3 is 6.18 Å². The van der Waals surface area contributed by atoms with E-state index in [1.165, 1.54) is 18.3 Å². The summed E-state index contributed by atoms with van der Waals surface area (Å²) < 4.78 is 43.4. The maximum absolute atomic E-state index is 12.7. The van der Waals surface area contributed by atoms with Gasteiger partial charge in [-0.15, -0.1) is 0 Å². The SMILES string of the molecule is O=C(Nc1ccc(Nc2cccc(C(F)(F)F)c2)cn1)C1CCCO1. The monoisotopic (exact) mass is 351 g/mol. The van der Waals surface area contributed by atoms with Crippen LogP contribution >= 0.6 is 0 Å². The van der Waals surface area contributed by atoms with E-state index < -0.39 is 17.8 Å². The lowest BCUT2D eigenvalue weighted by molar-refractivity contribution is -0.137. The molecule has 1 atom stereocenters. The van der Waals surface area contributed by atoms with Crippen molar-refractivity contribution in [3.8, 4) is 0 Å². The van der Waals surface area contributed by atoms with Gasteiger partial charge in [0.05, 0.1) is 17.4 Å². The zero-order valence-electron chi connectivity index (χ0n) is 13.1. The van der Waals surface area contributed by atoms with Crippen molar-refractivity contribution in [1.29, 1.82) is 0 Å². The molecule has 1 saturated heterocycles. The number of nitrogens with zero attached hydrogens (tertiary/aromatic N) is 1. The lowest BCUT2D eigenvalue weighted by atomic mass is 10.2. The second kappa shape index (κ2) is 7.10. The quantitative estimate of drug-likeness (QED) is 0.875. The molecule has 2 aromatic rings. The van der Waals surface area contributed by atoms with Gasteiger partial charge in [0, 0.05) is 12.3 Å². The molecule has 1 amide bonds. The van der Waals surface area contributed by atoms with Crippen LogP contribution in [0.1, 0.15) is 18.4 Å². The Kier molecular flexibility index (Phi) is 4.89. The van der Waals surface area contributed by atoms with Crippen molar-refractivity contribution in [2.24, 2.45) is 0 Å². The van der Waals surface area contributed by atoms with Crippen molar-refractivity contribution in [3.05, 3.63) is 48.2 Å². The minimum atomic E-state index is -4.40. The molecule has 0 aliphatic carbocycles. The molecule has 25 heavy (non-hydrogen) atoms. The second-order valence-electron chi connectivity index (χ2n) is 5.63. The van der Waals surface area contributed by atoms with E-state index in [9.17, 15) is 18.0 Å². The van der Waals surface area contributed by atoms with Crippen LogP contribution in [-0.2, 0) is 15.7 Å². The Morgan fingerprint density at radius 2 is 2.04 bits per heavy atom. The van der Waals surface area contributed by atoms with Crippen LogP contribution in [0.4, 0.5) is 30.4 Å². The fourth-order valence-corrected chi connectivity index (χ4v) is 2.47. The van der Waals surface area contributed by atoms with Crippen LogP contribution < -0.4 is 10.6 Å². The predicted molar refractivity (Wildman–Crippen MR) is 86.6 cm³/mol. The average Bonchev–Trinajstić information content (AvgIpc) is 3.11. The molecule has 1 aromatic carbocycles. The van der Waals surface area contributed by atoms with Crippen LogP contribution in [0.3, 0.4) is 0 Å². The zero-order valence-corrected chi connectivity index (χ0v) is 13.1. The van der Waals surface area contributed by atoms with Crippen LogP contribution in [-0.4, -0.2) is 23.6 Å². The summed E-state index contributed by atoms with van der Waals surface area (Å²) in [5.74, 6) is 0.110. The number of carbonyl (C=O) groups excluding carboxylic acids is 1. The highest BCUT2D eigenvalue weighted by Crippen LogP contribution is 2.31. The highest BCUT2D eigenvalue weighted by atomic mass is 19.4. The number of alkyl halides is 3. The number of benzene rings is 1. The third-order valence-electron chi connectivity index (χ3n) is 3.72. The standard InChI is InChI=1S/C17H16F3N3O2/c18-17(19,20)11-3-1-4-12(9-11)22-13-6-7-15(21-10-13)23-16(24)14-5-2-8-25-14/h1,3-4,6-7,9-10,14,22H,2,5,8H2,(H,21,23,24). The van der Waals surface area contributed by atoms with Crippen molar-refractivity contribution in [2.75, 3.05) is 17.2 Å². The van der Waals surface area contributed by atoms with Gasteiger partial charge in [-0.25, -0.2) is 4.98 Å². The first-order valence-electron chi connectivity index (χ1n) is 7.74. The van der Waals surface area contributed by atoms with Crippen LogP contribution in [0.25, 0.3) is 0 Å². The predicted octanol–water partition coefficient (Wildman–Crippen LogP) is 3.96. The van der Waals surface area contributed by atoms with Crippen molar-refractivity contribution in [2.45, 2.75) is 25.1 Å². The van der Waals surface area contributed by atoms with Crippen molar-refractivity contribution >= 4 is 23.1 Å². The molecule has 0 saturated carbocycles. The van der Waals surface area contributed by atoms with Gasteiger partial charge in [0.2, 0.25) is 0 Å². The molecular weight excluding hydrogens is 335 g/mol. The highest BCUT2D eigenvalue weighted by Gasteiger charge is 2.30. The van der Waals surface area contributed by atoms with E-state index in [-0.39, 0.29) is 5.91 Å². The Morgan fingerprint density at radius 3 is 2.68 bits per heavy atom. The van der Waals surface area contributed by atoms with Gasteiger partial charge in [-0.05, 0) is 43.2 Å². The zero-order chi connectivity index (χ0) is 17.9. The Bertz CT molecular complexity index is 742. The second-order valence-corrected chi connectivity index (χ2v) is 5.63. The number of amides is 1. The third kappa shape index (κ3) is 4.48. The number of aromatic nitrogens is 1. The molecule has 1 unspecified atom stereocenters. The normalized spacial score (nSPS) is 17.3.